The molecule has 0 atom stereocenters. The summed E-state index contributed by atoms with van der Waals surface area (Å²) in [7, 11) is 0. The minimum Gasteiger partial charge on any atom is -0.288 e. The zero-order valence-corrected chi connectivity index (χ0v) is 17.2. The third kappa shape index (κ3) is 4.72. The SMILES string of the molecule is CC(C)(C)N1Cc2cccc(c2)CN(C(C)(C)C)Cc2cccc(n2)C1. The van der Waals surface area contributed by atoms with Crippen molar-refractivity contribution >= 4 is 0 Å². The second-order valence-corrected chi connectivity index (χ2v) is 9.49. The predicted molar refractivity (Wildman–Crippen MR) is 109 cm³/mol. The summed E-state index contributed by atoms with van der Waals surface area (Å²) in [6.07, 6.45) is 0. The molecule has 1 aromatic heterocycles. The van der Waals surface area contributed by atoms with Crippen LogP contribution in [0.25, 0.3) is 0 Å². The topological polar surface area (TPSA) is 19.4 Å². The quantitative estimate of drug-likeness (QED) is 0.666. The lowest BCUT2D eigenvalue weighted by atomic mass is 10.0. The van der Waals surface area contributed by atoms with E-state index < -0.39 is 0 Å². The molecular weight excluding hydrogens is 318 g/mol. The van der Waals surface area contributed by atoms with Gasteiger partial charge in [-0.15, -0.1) is 0 Å². The molecule has 0 aliphatic carbocycles. The van der Waals surface area contributed by atoms with Crippen molar-refractivity contribution in [3.63, 3.8) is 0 Å². The van der Waals surface area contributed by atoms with Crippen LogP contribution < -0.4 is 0 Å². The van der Waals surface area contributed by atoms with Crippen LogP contribution in [0.4, 0.5) is 0 Å². The van der Waals surface area contributed by atoms with Crippen LogP contribution in [0.5, 0.6) is 0 Å². The van der Waals surface area contributed by atoms with E-state index in [9.17, 15) is 0 Å². The van der Waals surface area contributed by atoms with Gasteiger partial charge in [0.05, 0.1) is 11.4 Å². The van der Waals surface area contributed by atoms with Gasteiger partial charge in [0.1, 0.15) is 0 Å². The lowest BCUT2D eigenvalue weighted by Gasteiger charge is -2.37. The maximum Gasteiger partial charge on any atom is 0.0548 e. The van der Waals surface area contributed by atoms with Gasteiger partial charge in [0.2, 0.25) is 0 Å². The van der Waals surface area contributed by atoms with Crippen molar-refractivity contribution in [1.82, 2.24) is 14.8 Å². The Labute approximate surface area is 159 Å². The number of fused-ring (bicyclic) bond motifs is 4. The molecule has 0 saturated carbocycles. The Morgan fingerprint density at radius 1 is 0.654 bits per heavy atom. The Balaban J connectivity index is 2.04. The average Bonchev–Trinajstić information content (AvgIpc) is 2.52. The lowest BCUT2D eigenvalue weighted by molar-refractivity contribution is 0.110. The largest absolute Gasteiger partial charge is 0.288 e. The molecular formula is C23H33N3. The number of benzene rings is 1. The number of nitrogens with zero attached hydrogens (tertiary/aromatic N) is 3. The molecule has 1 aliphatic rings. The minimum atomic E-state index is 0.0925. The first-order valence-electron chi connectivity index (χ1n) is 9.64. The van der Waals surface area contributed by atoms with Gasteiger partial charge in [-0.2, -0.15) is 0 Å². The van der Waals surface area contributed by atoms with Crippen LogP contribution in [0.2, 0.25) is 0 Å². The van der Waals surface area contributed by atoms with Gasteiger partial charge in [-0.25, -0.2) is 0 Å². The van der Waals surface area contributed by atoms with Crippen LogP contribution in [0.15, 0.2) is 42.5 Å². The number of aromatic nitrogens is 1. The van der Waals surface area contributed by atoms with E-state index in [0.29, 0.717) is 0 Å². The Hall–Kier alpha value is -1.71. The second kappa shape index (κ2) is 7.13. The van der Waals surface area contributed by atoms with Crippen LogP contribution >= 0.6 is 0 Å². The second-order valence-electron chi connectivity index (χ2n) is 9.49. The summed E-state index contributed by atoms with van der Waals surface area (Å²) < 4.78 is 0. The van der Waals surface area contributed by atoms with E-state index in [1.54, 1.807) is 0 Å². The zero-order valence-electron chi connectivity index (χ0n) is 17.2. The molecule has 0 saturated heterocycles. The van der Waals surface area contributed by atoms with Crippen LogP contribution in [0.3, 0.4) is 0 Å². The van der Waals surface area contributed by atoms with Crippen molar-refractivity contribution in [3.8, 4) is 0 Å². The summed E-state index contributed by atoms with van der Waals surface area (Å²) in [4.78, 5) is 10.0. The van der Waals surface area contributed by atoms with Gasteiger partial charge in [0.25, 0.3) is 0 Å². The highest BCUT2D eigenvalue weighted by Crippen LogP contribution is 2.24. The molecule has 2 aromatic rings. The molecule has 140 valence electrons. The predicted octanol–water partition coefficient (Wildman–Crippen LogP) is 5.00. The maximum atomic E-state index is 4.99. The van der Waals surface area contributed by atoms with Gasteiger partial charge in [0, 0.05) is 37.3 Å². The smallest absolute Gasteiger partial charge is 0.0548 e. The first-order valence-corrected chi connectivity index (χ1v) is 9.64. The van der Waals surface area contributed by atoms with Crippen molar-refractivity contribution in [1.29, 1.82) is 0 Å². The highest BCUT2D eigenvalue weighted by molar-refractivity contribution is 5.24. The first-order chi connectivity index (χ1) is 12.1. The average molecular weight is 352 g/mol. The van der Waals surface area contributed by atoms with Gasteiger partial charge < -0.3 is 0 Å². The maximum absolute atomic E-state index is 4.99. The number of hydrogen-bond acceptors (Lipinski definition) is 3. The van der Waals surface area contributed by atoms with Gasteiger partial charge in [-0.1, -0.05) is 30.3 Å². The molecule has 3 heteroatoms. The Morgan fingerprint density at radius 2 is 1.08 bits per heavy atom. The molecule has 26 heavy (non-hydrogen) atoms. The van der Waals surface area contributed by atoms with E-state index in [2.05, 4.69) is 93.8 Å². The van der Waals surface area contributed by atoms with Crippen LogP contribution in [0.1, 0.15) is 64.1 Å². The molecule has 1 aromatic carbocycles. The third-order valence-corrected chi connectivity index (χ3v) is 5.21. The Morgan fingerprint density at radius 3 is 1.50 bits per heavy atom. The molecule has 3 rings (SSSR count). The molecule has 0 unspecified atom stereocenters. The summed E-state index contributed by atoms with van der Waals surface area (Å²) in [5, 5.41) is 0. The third-order valence-electron chi connectivity index (χ3n) is 5.21. The van der Waals surface area contributed by atoms with Crippen molar-refractivity contribution < 1.29 is 0 Å². The van der Waals surface area contributed by atoms with Crippen molar-refractivity contribution in [3.05, 3.63) is 65.0 Å². The zero-order chi connectivity index (χ0) is 18.9. The molecule has 2 heterocycles. The fourth-order valence-electron chi connectivity index (χ4n) is 3.42. The van der Waals surface area contributed by atoms with Gasteiger partial charge in [-0.05, 0) is 64.8 Å². The fourth-order valence-corrected chi connectivity index (χ4v) is 3.42. The number of hydrogen-bond donors (Lipinski definition) is 0. The Kier molecular flexibility index (Phi) is 5.23. The summed E-state index contributed by atoms with van der Waals surface area (Å²) in [5.41, 5.74) is 5.25. The molecule has 4 bridgehead atoms. The van der Waals surface area contributed by atoms with Gasteiger partial charge in [-0.3, -0.25) is 14.8 Å². The van der Waals surface area contributed by atoms with Crippen molar-refractivity contribution in [2.75, 3.05) is 0 Å². The first kappa shape index (κ1) is 19.1. The molecule has 0 radical (unpaired) electrons. The minimum absolute atomic E-state index is 0.0925. The van der Waals surface area contributed by atoms with E-state index in [-0.39, 0.29) is 11.1 Å². The molecule has 0 spiro atoms. The molecule has 0 N–H and O–H groups in total. The van der Waals surface area contributed by atoms with Crippen LogP contribution in [-0.4, -0.2) is 25.9 Å². The highest BCUT2D eigenvalue weighted by atomic mass is 15.2. The normalized spacial score (nSPS) is 17.5. The van der Waals surface area contributed by atoms with Gasteiger partial charge in [0.15, 0.2) is 0 Å². The summed E-state index contributed by atoms with van der Waals surface area (Å²) in [6.45, 7) is 17.3. The molecule has 0 fully saturated rings. The van der Waals surface area contributed by atoms with E-state index in [4.69, 9.17) is 4.98 Å². The highest BCUT2D eigenvalue weighted by Gasteiger charge is 2.25. The molecule has 3 nitrogen and oxygen atoms in total. The Bertz CT molecular complexity index is 645. The van der Waals surface area contributed by atoms with Crippen molar-refractivity contribution in [2.24, 2.45) is 0 Å². The van der Waals surface area contributed by atoms with Crippen molar-refractivity contribution in [2.45, 2.75) is 78.8 Å². The molecule has 0 amide bonds. The summed E-state index contributed by atoms with van der Waals surface area (Å²) in [5.74, 6) is 0. The fraction of sp³-hybridized carbons (Fsp3) is 0.522. The summed E-state index contributed by atoms with van der Waals surface area (Å²) in [6, 6.07) is 15.6. The van der Waals surface area contributed by atoms with E-state index in [1.807, 2.05) is 0 Å². The standard InChI is InChI=1S/C23H33N3/c1-22(2,3)25-14-18-9-7-10-19(13-18)15-26(23(4,5)6)17-21-12-8-11-20(16-25)24-21/h7-13H,14-17H2,1-6H3. The van der Waals surface area contributed by atoms with Gasteiger partial charge >= 0.3 is 0 Å². The van der Waals surface area contributed by atoms with E-state index in [1.165, 1.54) is 11.1 Å². The number of rotatable bonds is 0. The lowest BCUT2D eigenvalue weighted by Crippen LogP contribution is -2.42. The van der Waals surface area contributed by atoms with E-state index in [0.717, 1.165) is 37.6 Å². The van der Waals surface area contributed by atoms with Crippen LogP contribution in [0, 0.1) is 0 Å². The monoisotopic (exact) mass is 351 g/mol. The molecule has 1 aliphatic heterocycles. The summed E-state index contributed by atoms with van der Waals surface area (Å²) >= 11 is 0. The van der Waals surface area contributed by atoms with E-state index >= 15 is 0 Å². The number of pyridine rings is 1. The van der Waals surface area contributed by atoms with Crippen LogP contribution in [-0.2, 0) is 26.2 Å².